The van der Waals surface area contributed by atoms with Crippen LogP contribution in [0.5, 0.6) is 0 Å². The van der Waals surface area contributed by atoms with Gasteiger partial charge in [-0.1, -0.05) is 12.1 Å². The van der Waals surface area contributed by atoms with Crippen LogP contribution in [0.15, 0.2) is 24.3 Å². The molecule has 1 heterocycles. The molecule has 0 spiro atoms. The molecule has 0 amide bonds. The Balaban J connectivity index is 2.29. The fourth-order valence-electron chi connectivity index (χ4n) is 1.77. The number of benzene rings is 1. The first-order valence-corrected chi connectivity index (χ1v) is 5.96. The van der Waals surface area contributed by atoms with Gasteiger partial charge in [0.25, 0.3) is 0 Å². The first-order chi connectivity index (χ1) is 6.79. The summed E-state index contributed by atoms with van der Waals surface area (Å²) in [6, 6.07) is 8.28. The van der Waals surface area contributed by atoms with Crippen LogP contribution in [-0.4, -0.2) is 12.4 Å². The maximum atomic E-state index is 7.90. The van der Waals surface area contributed by atoms with Gasteiger partial charge in [-0.05, 0) is 47.6 Å². The molecule has 0 radical (unpaired) electrons. The van der Waals surface area contributed by atoms with E-state index < -0.39 is 0 Å². The van der Waals surface area contributed by atoms with E-state index in [1.807, 2.05) is 12.1 Å². The smallest absolute Gasteiger partial charge is 0.100 e. The molecule has 0 aliphatic carbocycles. The van der Waals surface area contributed by atoms with E-state index in [0.29, 0.717) is 0 Å². The summed E-state index contributed by atoms with van der Waals surface area (Å²) in [5.41, 5.74) is 1.19. The molecular weight excluding hydrogens is 287 g/mol. The van der Waals surface area contributed by atoms with E-state index in [1.165, 1.54) is 22.1 Å². The standard InChI is InChI=1S/C11H13IN2/c12-9-5-1-2-6-10(9)14-8-4-3-7-11(14)13/h1-2,5-6,13H,3-4,7-8H2. The molecule has 0 atom stereocenters. The van der Waals surface area contributed by atoms with Crippen molar-refractivity contribution in [2.75, 3.05) is 11.4 Å². The minimum atomic E-state index is 0.764. The molecule has 0 saturated carbocycles. The third-order valence-corrected chi connectivity index (χ3v) is 3.43. The first-order valence-electron chi connectivity index (χ1n) is 4.88. The number of halogens is 1. The maximum absolute atomic E-state index is 7.90. The zero-order valence-electron chi connectivity index (χ0n) is 7.96. The molecule has 14 heavy (non-hydrogen) atoms. The Kier molecular flexibility index (Phi) is 3.05. The molecule has 1 aliphatic rings. The second kappa shape index (κ2) is 4.29. The van der Waals surface area contributed by atoms with Gasteiger partial charge in [-0.2, -0.15) is 0 Å². The lowest BCUT2D eigenvalue weighted by Crippen LogP contribution is -2.35. The van der Waals surface area contributed by atoms with Crippen LogP contribution in [0.4, 0.5) is 5.69 Å². The molecule has 0 unspecified atom stereocenters. The van der Waals surface area contributed by atoms with Crippen LogP contribution < -0.4 is 4.90 Å². The van der Waals surface area contributed by atoms with Crippen molar-refractivity contribution < 1.29 is 0 Å². The summed E-state index contributed by atoms with van der Waals surface area (Å²) in [6.07, 6.45) is 3.29. The van der Waals surface area contributed by atoms with Gasteiger partial charge in [-0.25, -0.2) is 0 Å². The lowest BCUT2D eigenvalue weighted by atomic mass is 10.1. The van der Waals surface area contributed by atoms with Crippen molar-refractivity contribution in [3.05, 3.63) is 27.8 Å². The van der Waals surface area contributed by atoms with E-state index in [1.54, 1.807) is 0 Å². The van der Waals surface area contributed by atoms with E-state index in [9.17, 15) is 0 Å². The number of anilines is 1. The quantitative estimate of drug-likeness (QED) is 0.792. The molecule has 1 saturated heterocycles. The SMILES string of the molecule is N=C1CCCCN1c1ccccc1I. The lowest BCUT2D eigenvalue weighted by molar-refractivity contribution is 0.707. The predicted molar refractivity (Wildman–Crippen MR) is 68.1 cm³/mol. The fraction of sp³-hybridized carbons (Fsp3) is 0.364. The van der Waals surface area contributed by atoms with E-state index in [-0.39, 0.29) is 0 Å². The maximum Gasteiger partial charge on any atom is 0.100 e. The van der Waals surface area contributed by atoms with Crippen LogP contribution in [-0.2, 0) is 0 Å². The second-order valence-electron chi connectivity index (χ2n) is 3.51. The highest BCUT2D eigenvalue weighted by Crippen LogP contribution is 2.25. The summed E-state index contributed by atoms with van der Waals surface area (Å²) >= 11 is 2.33. The van der Waals surface area contributed by atoms with Crippen LogP contribution in [0.2, 0.25) is 0 Å². The van der Waals surface area contributed by atoms with Gasteiger partial charge in [-0.15, -0.1) is 0 Å². The Morgan fingerprint density at radius 2 is 2.00 bits per heavy atom. The molecule has 2 rings (SSSR count). The Hall–Kier alpha value is -0.580. The average molecular weight is 300 g/mol. The molecule has 1 aromatic rings. The number of nitrogens with zero attached hydrogens (tertiary/aromatic N) is 1. The predicted octanol–water partition coefficient (Wildman–Crippen LogP) is 3.26. The third-order valence-electron chi connectivity index (χ3n) is 2.51. The van der Waals surface area contributed by atoms with Gasteiger partial charge in [0, 0.05) is 16.5 Å². The fourth-order valence-corrected chi connectivity index (χ4v) is 2.45. The molecule has 2 nitrogen and oxygen atoms in total. The van der Waals surface area contributed by atoms with Gasteiger partial charge >= 0.3 is 0 Å². The van der Waals surface area contributed by atoms with Crippen LogP contribution in [0.25, 0.3) is 0 Å². The van der Waals surface area contributed by atoms with Gasteiger partial charge in [0.05, 0.1) is 5.69 Å². The highest BCUT2D eigenvalue weighted by atomic mass is 127. The minimum absolute atomic E-state index is 0.764. The highest BCUT2D eigenvalue weighted by molar-refractivity contribution is 14.1. The molecule has 0 bridgehead atoms. The van der Waals surface area contributed by atoms with Crippen molar-refractivity contribution in [3.63, 3.8) is 0 Å². The summed E-state index contributed by atoms with van der Waals surface area (Å²) in [6.45, 7) is 0.999. The Bertz CT molecular complexity index is 349. The van der Waals surface area contributed by atoms with E-state index in [0.717, 1.165) is 18.8 Å². The summed E-state index contributed by atoms with van der Waals surface area (Å²) in [5, 5.41) is 7.90. The molecule has 1 aromatic carbocycles. The third kappa shape index (κ3) is 1.92. The minimum Gasteiger partial charge on any atom is -0.329 e. The van der Waals surface area contributed by atoms with Gasteiger partial charge in [0.15, 0.2) is 0 Å². The number of hydrogen-bond acceptors (Lipinski definition) is 1. The zero-order valence-corrected chi connectivity index (χ0v) is 10.1. The monoisotopic (exact) mass is 300 g/mol. The highest BCUT2D eigenvalue weighted by Gasteiger charge is 2.17. The summed E-state index contributed by atoms with van der Waals surface area (Å²) in [4.78, 5) is 2.13. The normalized spacial score (nSPS) is 17.2. The van der Waals surface area contributed by atoms with Gasteiger partial charge < -0.3 is 4.90 Å². The van der Waals surface area contributed by atoms with Crippen LogP contribution in [0.3, 0.4) is 0 Å². The van der Waals surface area contributed by atoms with Crippen molar-refractivity contribution in [1.29, 1.82) is 5.41 Å². The summed E-state index contributed by atoms with van der Waals surface area (Å²) in [5.74, 6) is 0.764. The number of para-hydroxylation sites is 1. The van der Waals surface area contributed by atoms with Crippen LogP contribution in [0.1, 0.15) is 19.3 Å². The number of rotatable bonds is 1. The second-order valence-corrected chi connectivity index (χ2v) is 4.67. The van der Waals surface area contributed by atoms with Crippen molar-refractivity contribution >= 4 is 34.1 Å². The number of piperidine rings is 1. The van der Waals surface area contributed by atoms with Crippen molar-refractivity contribution in [2.24, 2.45) is 0 Å². The lowest BCUT2D eigenvalue weighted by Gasteiger charge is -2.30. The molecule has 0 aromatic heterocycles. The Labute approximate surface area is 98.0 Å². The van der Waals surface area contributed by atoms with Crippen molar-refractivity contribution in [1.82, 2.24) is 0 Å². The van der Waals surface area contributed by atoms with E-state index in [4.69, 9.17) is 5.41 Å². The first kappa shape index (κ1) is 9.96. The van der Waals surface area contributed by atoms with E-state index >= 15 is 0 Å². The molecular formula is C11H13IN2. The van der Waals surface area contributed by atoms with E-state index in [2.05, 4.69) is 39.6 Å². The molecule has 1 aliphatic heterocycles. The summed E-state index contributed by atoms with van der Waals surface area (Å²) < 4.78 is 1.23. The molecule has 74 valence electrons. The topological polar surface area (TPSA) is 27.1 Å². The van der Waals surface area contributed by atoms with Crippen LogP contribution >= 0.6 is 22.6 Å². The Morgan fingerprint density at radius 1 is 1.21 bits per heavy atom. The van der Waals surface area contributed by atoms with Gasteiger partial charge in [0.2, 0.25) is 0 Å². The van der Waals surface area contributed by atoms with Gasteiger partial charge in [0.1, 0.15) is 5.84 Å². The largest absolute Gasteiger partial charge is 0.329 e. The van der Waals surface area contributed by atoms with Crippen molar-refractivity contribution in [2.45, 2.75) is 19.3 Å². The summed E-state index contributed by atoms with van der Waals surface area (Å²) in [7, 11) is 0. The molecule has 1 N–H and O–H groups in total. The number of hydrogen-bond donors (Lipinski definition) is 1. The number of amidine groups is 1. The van der Waals surface area contributed by atoms with Crippen LogP contribution in [0, 0.1) is 8.98 Å². The molecule has 3 heteroatoms. The average Bonchev–Trinajstić information content (AvgIpc) is 2.20. The number of nitrogens with one attached hydrogen (secondary N) is 1. The van der Waals surface area contributed by atoms with Crippen molar-refractivity contribution in [3.8, 4) is 0 Å². The zero-order chi connectivity index (χ0) is 9.97. The molecule has 1 fully saturated rings. The Morgan fingerprint density at radius 3 is 2.71 bits per heavy atom. The van der Waals surface area contributed by atoms with Gasteiger partial charge in [-0.3, -0.25) is 5.41 Å².